The number of aliphatic carboxylic acids is 1. The second-order valence-corrected chi connectivity index (χ2v) is 6.66. The maximum absolute atomic E-state index is 11.7. The Bertz CT molecular complexity index is 302. The van der Waals surface area contributed by atoms with Crippen LogP contribution in [0.4, 0.5) is 4.79 Å². The molecule has 0 aliphatic carbocycles. The van der Waals surface area contributed by atoms with Gasteiger partial charge in [0.15, 0.2) is 0 Å². The van der Waals surface area contributed by atoms with Crippen LogP contribution in [0.3, 0.4) is 0 Å². The van der Waals surface area contributed by atoms with Gasteiger partial charge in [0, 0.05) is 23.8 Å². The molecule has 6 heteroatoms. The van der Waals surface area contributed by atoms with Crippen LogP contribution in [0, 0.1) is 0 Å². The van der Waals surface area contributed by atoms with Crippen LogP contribution in [0.2, 0.25) is 0 Å². The van der Waals surface area contributed by atoms with Gasteiger partial charge in [-0.3, -0.25) is 4.79 Å². The van der Waals surface area contributed by atoms with Gasteiger partial charge in [0.25, 0.3) is 0 Å². The molecule has 5 nitrogen and oxygen atoms in total. The van der Waals surface area contributed by atoms with E-state index in [1.54, 1.807) is 0 Å². The van der Waals surface area contributed by atoms with Gasteiger partial charge in [-0.15, -0.1) is 0 Å². The lowest BCUT2D eigenvalue weighted by molar-refractivity contribution is -0.137. The Morgan fingerprint density at radius 3 is 2.72 bits per heavy atom. The van der Waals surface area contributed by atoms with Crippen molar-refractivity contribution >= 4 is 23.8 Å². The van der Waals surface area contributed by atoms with Gasteiger partial charge in [0.2, 0.25) is 0 Å². The van der Waals surface area contributed by atoms with E-state index < -0.39 is 11.5 Å². The smallest absolute Gasteiger partial charge is 0.315 e. The number of thioether (sulfide) groups is 1. The molecule has 1 atom stereocenters. The van der Waals surface area contributed by atoms with Crippen LogP contribution >= 0.6 is 11.8 Å². The first-order valence-corrected chi connectivity index (χ1v) is 7.33. The fourth-order valence-corrected chi connectivity index (χ4v) is 3.05. The number of nitrogens with one attached hydrogen (secondary N) is 2. The van der Waals surface area contributed by atoms with Crippen LogP contribution in [0.5, 0.6) is 0 Å². The Labute approximate surface area is 112 Å². The zero-order valence-electron chi connectivity index (χ0n) is 11.0. The predicted octanol–water partition coefficient (Wildman–Crippen LogP) is 1.82. The van der Waals surface area contributed by atoms with Crippen molar-refractivity contribution in [2.45, 2.75) is 50.3 Å². The molecular weight excluding hydrogens is 252 g/mol. The number of carboxylic acids is 1. The number of hydrogen-bond acceptors (Lipinski definition) is 3. The molecule has 0 radical (unpaired) electrons. The summed E-state index contributed by atoms with van der Waals surface area (Å²) in [6.07, 6.45) is 2.87. The van der Waals surface area contributed by atoms with E-state index >= 15 is 0 Å². The minimum absolute atomic E-state index is 0.0613. The Kier molecular flexibility index (Phi) is 5.78. The third kappa shape index (κ3) is 6.14. The van der Waals surface area contributed by atoms with E-state index in [4.69, 9.17) is 5.11 Å². The van der Waals surface area contributed by atoms with Crippen molar-refractivity contribution in [2.75, 3.05) is 12.3 Å². The lowest BCUT2D eigenvalue weighted by Gasteiger charge is -2.26. The minimum Gasteiger partial charge on any atom is -0.481 e. The molecule has 1 rings (SSSR count). The van der Waals surface area contributed by atoms with E-state index in [-0.39, 0.29) is 12.5 Å². The van der Waals surface area contributed by atoms with Crippen molar-refractivity contribution in [3.63, 3.8) is 0 Å². The average molecular weight is 274 g/mol. The van der Waals surface area contributed by atoms with E-state index in [1.165, 1.54) is 12.2 Å². The molecule has 0 aromatic rings. The number of hydrogen-bond donors (Lipinski definition) is 3. The van der Waals surface area contributed by atoms with Gasteiger partial charge >= 0.3 is 12.0 Å². The van der Waals surface area contributed by atoms with Gasteiger partial charge in [0.1, 0.15) is 0 Å². The van der Waals surface area contributed by atoms with Gasteiger partial charge in [-0.25, -0.2) is 4.79 Å². The first-order valence-electron chi connectivity index (χ1n) is 6.28. The van der Waals surface area contributed by atoms with Gasteiger partial charge in [-0.1, -0.05) is 0 Å². The fraction of sp³-hybridized carbons (Fsp3) is 0.833. The first kappa shape index (κ1) is 15.1. The van der Waals surface area contributed by atoms with Crippen LogP contribution in [0.25, 0.3) is 0 Å². The molecule has 1 saturated heterocycles. The standard InChI is InChI=1S/C12H22N2O3S/c1-12(2,6-5-10(15)16)14-11(17)13-8-9-4-3-7-18-9/h9H,3-8H2,1-2H3,(H,15,16)(H2,13,14,17). The van der Waals surface area contributed by atoms with E-state index in [0.29, 0.717) is 18.2 Å². The summed E-state index contributed by atoms with van der Waals surface area (Å²) in [4.78, 5) is 22.2. The van der Waals surface area contributed by atoms with Gasteiger partial charge in [-0.2, -0.15) is 11.8 Å². The molecular formula is C12H22N2O3S. The molecule has 0 aromatic carbocycles. The number of carbonyl (C=O) groups is 2. The number of carbonyl (C=O) groups excluding carboxylic acids is 1. The van der Waals surface area contributed by atoms with Crippen LogP contribution in [-0.2, 0) is 4.79 Å². The third-order valence-corrected chi connectivity index (χ3v) is 4.33. The Morgan fingerprint density at radius 1 is 1.44 bits per heavy atom. The molecule has 1 aliphatic heterocycles. The zero-order chi connectivity index (χ0) is 13.6. The summed E-state index contributed by atoms with van der Waals surface area (Å²) in [5, 5.41) is 14.8. The SMILES string of the molecule is CC(C)(CCC(=O)O)NC(=O)NCC1CCCS1. The molecule has 3 N–H and O–H groups in total. The molecule has 0 bridgehead atoms. The minimum atomic E-state index is -0.840. The average Bonchev–Trinajstić information content (AvgIpc) is 2.76. The second-order valence-electron chi connectivity index (χ2n) is 5.25. The highest BCUT2D eigenvalue weighted by Crippen LogP contribution is 2.25. The molecule has 0 spiro atoms. The summed E-state index contributed by atoms with van der Waals surface area (Å²) in [7, 11) is 0. The van der Waals surface area contributed by atoms with Crippen LogP contribution in [0.1, 0.15) is 39.5 Å². The molecule has 1 aliphatic rings. The van der Waals surface area contributed by atoms with Gasteiger partial charge in [0.05, 0.1) is 0 Å². The van der Waals surface area contributed by atoms with Crippen molar-refractivity contribution in [3.05, 3.63) is 0 Å². The van der Waals surface area contributed by atoms with Gasteiger partial charge in [-0.05, 0) is 38.9 Å². The summed E-state index contributed by atoms with van der Waals surface area (Å²) in [6.45, 7) is 4.35. The summed E-state index contributed by atoms with van der Waals surface area (Å²) in [5.74, 6) is 0.338. The largest absolute Gasteiger partial charge is 0.481 e. The molecule has 1 heterocycles. The van der Waals surface area contributed by atoms with Crippen molar-refractivity contribution in [2.24, 2.45) is 0 Å². The van der Waals surface area contributed by atoms with Crippen molar-refractivity contribution in [1.29, 1.82) is 0 Å². The molecule has 18 heavy (non-hydrogen) atoms. The molecule has 0 saturated carbocycles. The Morgan fingerprint density at radius 2 is 2.17 bits per heavy atom. The summed E-state index contributed by atoms with van der Waals surface area (Å²) < 4.78 is 0. The Balaban J connectivity index is 2.22. The second kappa shape index (κ2) is 6.87. The van der Waals surface area contributed by atoms with Crippen molar-refractivity contribution in [1.82, 2.24) is 10.6 Å². The molecule has 1 unspecified atom stereocenters. The van der Waals surface area contributed by atoms with Crippen LogP contribution < -0.4 is 10.6 Å². The summed E-state index contributed by atoms with van der Waals surface area (Å²) in [6, 6.07) is -0.210. The molecule has 2 amide bonds. The maximum atomic E-state index is 11.7. The van der Waals surface area contributed by atoms with Crippen LogP contribution in [-0.4, -0.2) is 40.2 Å². The zero-order valence-corrected chi connectivity index (χ0v) is 11.8. The lowest BCUT2D eigenvalue weighted by atomic mass is 9.99. The normalized spacial score (nSPS) is 19.6. The lowest BCUT2D eigenvalue weighted by Crippen LogP contribution is -2.49. The first-order chi connectivity index (χ1) is 8.39. The monoisotopic (exact) mass is 274 g/mol. The van der Waals surface area contributed by atoms with E-state index in [0.717, 1.165) is 6.42 Å². The maximum Gasteiger partial charge on any atom is 0.315 e. The highest BCUT2D eigenvalue weighted by molar-refractivity contribution is 8.00. The third-order valence-electron chi connectivity index (χ3n) is 2.93. The van der Waals surface area contributed by atoms with E-state index in [1.807, 2.05) is 25.6 Å². The molecule has 0 aromatic heterocycles. The van der Waals surface area contributed by atoms with Crippen molar-refractivity contribution < 1.29 is 14.7 Å². The number of urea groups is 1. The Hall–Kier alpha value is -0.910. The highest BCUT2D eigenvalue weighted by Gasteiger charge is 2.22. The fourth-order valence-electron chi connectivity index (χ4n) is 1.85. The van der Waals surface area contributed by atoms with E-state index in [9.17, 15) is 9.59 Å². The van der Waals surface area contributed by atoms with Crippen LogP contribution in [0.15, 0.2) is 0 Å². The quantitative estimate of drug-likeness (QED) is 0.690. The van der Waals surface area contributed by atoms with Crippen molar-refractivity contribution in [3.8, 4) is 0 Å². The highest BCUT2D eigenvalue weighted by atomic mass is 32.2. The predicted molar refractivity (Wildman–Crippen MR) is 73.0 cm³/mol. The topological polar surface area (TPSA) is 78.4 Å². The number of carboxylic acid groups (broad SMARTS) is 1. The summed E-state index contributed by atoms with van der Waals surface area (Å²) >= 11 is 1.90. The van der Waals surface area contributed by atoms with Gasteiger partial charge < -0.3 is 15.7 Å². The number of rotatable bonds is 6. The van der Waals surface area contributed by atoms with E-state index in [2.05, 4.69) is 10.6 Å². The molecule has 1 fully saturated rings. The molecule has 104 valence electrons. The summed E-state index contributed by atoms with van der Waals surface area (Å²) in [5.41, 5.74) is -0.495. The number of amides is 2.